The third-order valence-corrected chi connectivity index (χ3v) is 6.51. The van der Waals surface area contributed by atoms with Crippen molar-refractivity contribution in [3.63, 3.8) is 0 Å². The van der Waals surface area contributed by atoms with Gasteiger partial charge in [0.2, 0.25) is 5.91 Å². The molecule has 25 heavy (non-hydrogen) atoms. The van der Waals surface area contributed by atoms with Gasteiger partial charge in [0.1, 0.15) is 11.5 Å². The van der Waals surface area contributed by atoms with Gasteiger partial charge in [-0.1, -0.05) is 18.2 Å². The highest BCUT2D eigenvalue weighted by Crippen LogP contribution is 2.20. The summed E-state index contributed by atoms with van der Waals surface area (Å²) in [7, 11) is -2.08. The van der Waals surface area contributed by atoms with Crippen LogP contribution >= 0.6 is 0 Å². The lowest BCUT2D eigenvalue weighted by atomic mass is 10.1. The molecule has 1 heterocycles. The number of aryl methyl sites for hydroxylation is 1. The smallest absolute Gasteiger partial charge is 0.260 e. The van der Waals surface area contributed by atoms with E-state index in [0.717, 1.165) is 5.56 Å². The van der Waals surface area contributed by atoms with Crippen molar-refractivity contribution in [3.05, 3.63) is 29.8 Å². The van der Waals surface area contributed by atoms with E-state index >= 15 is 0 Å². The topological polar surface area (TPSA) is 92.8 Å². The minimum absolute atomic E-state index is 0.0689. The average Bonchev–Trinajstić information content (AvgIpc) is 2.60. The van der Waals surface area contributed by atoms with E-state index in [2.05, 4.69) is 5.32 Å². The fourth-order valence-electron chi connectivity index (χ4n) is 2.79. The number of amides is 2. The van der Waals surface area contributed by atoms with Crippen LogP contribution in [0.25, 0.3) is 0 Å². The molecule has 2 rings (SSSR count). The molecule has 2 amide bonds. The van der Waals surface area contributed by atoms with E-state index in [-0.39, 0.29) is 12.5 Å². The second-order valence-electron chi connectivity index (χ2n) is 6.11. The Kier molecular flexibility index (Phi) is 6.41. The van der Waals surface area contributed by atoms with Gasteiger partial charge in [0.15, 0.2) is 16.4 Å². The Balaban J connectivity index is 1.84. The van der Waals surface area contributed by atoms with Crippen LogP contribution in [0.5, 0.6) is 5.75 Å². The number of rotatable bonds is 6. The van der Waals surface area contributed by atoms with Gasteiger partial charge in [-0.25, -0.2) is 8.42 Å². The molecule has 1 aromatic rings. The van der Waals surface area contributed by atoms with Gasteiger partial charge < -0.3 is 15.0 Å². The summed E-state index contributed by atoms with van der Waals surface area (Å²) < 4.78 is 29.9. The number of nitrogens with one attached hydrogen (secondary N) is 1. The molecule has 1 N–H and O–H groups in total. The minimum Gasteiger partial charge on any atom is -0.484 e. The van der Waals surface area contributed by atoms with Crippen molar-refractivity contribution >= 4 is 21.7 Å². The highest BCUT2D eigenvalue weighted by atomic mass is 32.2. The number of hydrogen-bond donors (Lipinski definition) is 1. The molecule has 0 aromatic heterocycles. The van der Waals surface area contributed by atoms with Gasteiger partial charge in [0.05, 0.1) is 5.25 Å². The Hall–Kier alpha value is -2.09. The maximum Gasteiger partial charge on any atom is 0.260 e. The number of carbonyl (C=O) groups excluding carboxylic acids is 2. The van der Waals surface area contributed by atoms with Gasteiger partial charge in [-0.05, 0) is 31.4 Å². The normalized spacial score (nSPS) is 15.7. The van der Waals surface area contributed by atoms with Crippen molar-refractivity contribution in [2.24, 2.45) is 0 Å². The predicted octanol–water partition coefficient (Wildman–Crippen LogP) is 0.526. The van der Waals surface area contributed by atoms with Crippen molar-refractivity contribution in [3.8, 4) is 5.75 Å². The fourth-order valence-corrected chi connectivity index (χ4v) is 4.46. The molecule has 1 fully saturated rings. The van der Waals surface area contributed by atoms with Gasteiger partial charge in [0.25, 0.3) is 5.91 Å². The van der Waals surface area contributed by atoms with Crippen LogP contribution in [-0.2, 0) is 19.4 Å². The minimum atomic E-state index is -3.49. The summed E-state index contributed by atoms with van der Waals surface area (Å²) in [5.41, 5.74) is 0.953. The summed E-state index contributed by atoms with van der Waals surface area (Å²) in [5.74, 6) is -0.507. The molecule has 0 aliphatic carbocycles. The second-order valence-corrected chi connectivity index (χ2v) is 8.40. The molecule has 1 aliphatic heterocycles. The van der Waals surface area contributed by atoms with E-state index in [1.54, 1.807) is 11.0 Å². The molecule has 0 saturated carbocycles. The molecule has 8 heteroatoms. The van der Waals surface area contributed by atoms with Gasteiger partial charge in [-0.3, -0.25) is 9.59 Å². The SMILES string of the molecule is CNC(=O)CS(=O)(=O)C1CCN(C(=O)COc2ccccc2C)CC1. The quantitative estimate of drug-likeness (QED) is 0.790. The van der Waals surface area contributed by atoms with Crippen LogP contribution in [0, 0.1) is 6.92 Å². The van der Waals surface area contributed by atoms with Crippen molar-refractivity contribution in [2.45, 2.75) is 25.0 Å². The van der Waals surface area contributed by atoms with Crippen LogP contribution < -0.4 is 10.1 Å². The molecule has 138 valence electrons. The summed E-state index contributed by atoms with van der Waals surface area (Å²) in [6, 6.07) is 7.45. The Morgan fingerprint density at radius 2 is 1.88 bits per heavy atom. The Labute approximate surface area is 148 Å². The first-order chi connectivity index (χ1) is 11.8. The predicted molar refractivity (Wildman–Crippen MR) is 94.1 cm³/mol. The van der Waals surface area contributed by atoms with Gasteiger partial charge in [-0.2, -0.15) is 0 Å². The fraction of sp³-hybridized carbons (Fsp3) is 0.529. The Morgan fingerprint density at radius 3 is 2.48 bits per heavy atom. The van der Waals surface area contributed by atoms with Crippen LogP contribution in [0.3, 0.4) is 0 Å². The van der Waals surface area contributed by atoms with E-state index in [4.69, 9.17) is 4.74 Å². The number of hydrogen-bond acceptors (Lipinski definition) is 5. The summed E-state index contributed by atoms with van der Waals surface area (Å²) in [6.45, 7) is 2.55. The molecule has 1 saturated heterocycles. The maximum atomic E-state index is 12.3. The molecule has 0 atom stereocenters. The molecular weight excluding hydrogens is 344 g/mol. The van der Waals surface area contributed by atoms with Crippen LogP contribution in [-0.4, -0.2) is 62.9 Å². The van der Waals surface area contributed by atoms with E-state index in [1.807, 2.05) is 25.1 Å². The summed E-state index contributed by atoms with van der Waals surface area (Å²) in [4.78, 5) is 25.2. The zero-order valence-corrected chi connectivity index (χ0v) is 15.3. The summed E-state index contributed by atoms with van der Waals surface area (Å²) in [5, 5.41) is 1.75. The first kappa shape index (κ1) is 19.2. The molecule has 0 bridgehead atoms. The first-order valence-electron chi connectivity index (χ1n) is 8.22. The van der Waals surface area contributed by atoms with Gasteiger partial charge in [0, 0.05) is 20.1 Å². The van der Waals surface area contributed by atoms with E-state index < -0.39 is 26.7 Å². The van der Waals surface area contributed by atoms with Gasteiger partial charge >= 0.3 is 0 Å². The first-order valence-corrected chi connectivity index (χ1v) is 9.93. The number of carbonyl (C=O) groups is 2. The van der Waals surface area contributed by atoms with E-state index in [0.29, 0.717) is 31.7 Å². The second kappa shape index (κ2) is 8.33. The summed E-state index contributed by atoms with van der Waals surface area (Å²) >= 11 is 0. The number of para-hydroxylation sites is 1. The van der Waals surface area contributed by atoms with Crippen molar-refractivity contribution in [2.75, 3.05) is 32.5 Å². The van der Waals surface area contributed by atoms with Crippen LogP contribution in [0.4, 0.5) is 0 Å². The Bertz CT molecular complexity index is 724. The zero-order chi connectivity index (χ0) is 18.4. The maximum absolute atomic E-state index is 12.3. The number of benzene rings is 1. The monoisotopic (exact) mass is 368 g/mol. The van der Waals surface area contributed by atoms with Crippen LogP contribution in [0.1, 0.15) is 18.4 Å². The van der Waals surface area contributed by atoms with Crippen molar-refractivity contribution in [1.29, 1.82) is 0 Å². The lowest BCUT2D eigenvalue weighted by molar-refractivity contribution is -0.134. The zero-order valence-electron chi connectivity index (χ0n) is 14.5. The third-order valence-electron chi connectivity index (χ3n) is 4.36. The molecule has 1 aliphatic rings. The number of ether oxygens (including phenoxy) is 1. The van der Waals surface area contributed by atoms with Crippen LogP contribution in [0.15, 0.2) is 24.3 Å². The average molecular weight is 368 g/mol. The summed E-state index contributed by atoms with van der Waals surface area (Å²) in [6.07, 6.45) is 0.685. The number of sulfone groups is 1. The molecular formula is C17H24N2O5S. The highest BCUT2D eigenvalue weighted by molar-refractivity contribution is 7.92. The van der Waals surface area contributed by atoms with Gasteiger partial charge in [-0.15, -0.1) is 0 Å². The van der Waals surface area contributed by atoms with Crippen LogP contribution in [0.2, 0.25) is 0 Å². The van der Waals surface area contributed by atoms with Crippen molar-refractivity contribution in [1.82, 2.24) is 10.2 Å². The van der Waals surface area contributed by atoms with Crippen molar-refractivity contribution < 1.29 is 22.7 Å². The molecule has 0 unspecified atom stereocenters. The molecule has 7 nitrogen and oxygen atoms in total. The molecule has 0 radical (unpaired) electrons. The lowest BCUT2D eigenvalue weighted by Gasteiger charge is -2.31. The van der Waals surface area contributed by atoms with E-state index in [9.17, 15) is 18.0 Å². The Morgan fingerprint density at radius 1 is 1.24 bits per heavy atom. The third kappa shape index (κ3) is 5.19. The number of nitrogens with zero attached hydrogens (tertiary/aromatic N) is 1. The standard InChI is InChI=1S/C17H24N2O5S/c1-13-5-3-4-6-15(13)24-11-17(21)19-9-7-14(8-10-19)25(22,23)12-16(20)18-2/h3-6,14H,7-12H2,1-2H3,(H,18,20). The largest absolute Gasteiger partial charge is 0.484 e. The molecule has 0 spiro atoms. The van der Waals surface area contributed by atoms with E-state index in [1.165, 1.54) is 7.05 Å². The number of piperidine rings is 1. The number of likely N-dealkylation sites (tertiary alicyclic amines) is 1. The lowest BCUT2D eigenvalue weighted by Crippen LogP contribution is -2.45. The molecule has 1 aromatic carbocycles. The highest BCUT2D eigenvalue weighted by Gasteiger charge is 2.32.